The molecule has 0 bridgehead atoms. The van der Waals surface area contributed by atoms with Gasteiger partial charge in [-0.05, 0) is 17.7 Å². The lowest BCUT2D eigenvalue weighted by Crippen LogP contribution is -1.95. The molecule has 2 rings (SSSR count). The lowest BCUT2D eigenvalue weighted by atomic mass is 10.1. The maximum Gasteiger partial charge on any atom is 0.339 e. The second kappa shape index (κ2) is 3.79. The van der Waals surface area contributed by atoms with Gasteiger partial charge in [0, 0.05) is 10.6 Å². The molecule has 0 unspecified atom stereocenters. The van der Waals surface area contributed by atoms with Crippen molar-refractivity contribution >= 4 is 17.6 Å². The lowest BCUT2D eigenvalue weighted by molar-refractivity contribution is 0.0697. The lowest BCUT2D eigenvalue weighted by Gasteiger charge is -1.98. The zero-order valence-electron chi connectivity index (χ0n) is 7.61. The molecular formula is C11H7ClO3. The van der Waals surface area contributed by atoms with Crippen molar-refractivity contribution < 1.29 is 14.3 Å². The third-order valence-corrected chi connectivity index (χ3v) is 2.30. The maximum atomic E-state index is 10.8. The van der Waals surface area contributed by atoms with E-state index in [9.17, 15) is 4.79 Å². The fourth-order valence-corrected chi connectivity index (χ4v) is 1.44. The second-order valence-corrected chi connectivity index (χ2v) is 3.45. The molecule has 0 saturated carbocycles. The predicted octanol–water partition coefficient (Wildman–Crippen LogP) is 3.30. The average Bonchev–Trinajstić information content (AvgIpc) is 2.67. The Morgan fingerprint density at radius 1 is 1.20 bits per heavy atom. The van der Waals surface area contributed by atoms with Crippen molar-refractivity contribution in [3.8, 4) is 11.1 Å². The molecule has 0 aliphatic rings. The van der Waals surface area contributed by atoms with Crippen molar-refractivity contribution in [3.05, 3.63) is 47.4 Å². The molecule has 0 saturated heterocycles. The van der Waals surface area contributed by atoms with Crippen molar-refractivity contribution in [1.29, 1.82) is 0 Å². The van der Waals surface area contributed by atoms with Crippen LogP contribution in [0.3, 0.4) is 0 Å². The van der Waals surface area contributed by atoms with Gasteiger partial charge < -0.3 is 9.52 Å². The number of hydrogen-bond acceptors (Lipinski definition) is 2. The Balaban J connectivity index is 2.49. The molecule has 15 heavy (non-hydrogen) atoms. The van der Waals surface area contributed by atoms with E-state index >= 15 is 0 Å². The quantitative estimate of drug-likeness (QED) is 0.848. The molecule has 0 fully saturated rings. The van der Waals surface area contributed by atoms with Crippen LogP contribution in [0.25, 0.3) is 11.1 Å². The smallest absolute Gasteiger partial charge is 0.339 e. The summed E-state index contributed by atoms with van der Waals surface area (Å²) in [5.41, 5.74) is 1.47. The summed E-state index contributed by atoms with van der Waals surface area (Å²) in [6.07, 6.45) is 2.62. The highest BCUT2D eigenvalue weighted by Gasteiger charge is 2.13. The van der Waals surface area contributed by atoms with Crippen LogP contribution in [0.4, 0.5) is 0 Å². The van der Waals surface area contributed by atoms with E-state index in [2.05, 4.69) is 0 Å². The number of aromatic carboxylic acids is 1. The second-order valence-electron chi connectivity index (χ2n) is 3.01. The molecule has 1 aromatic carbocycles. The standard InChI is InChI=1S/C11H7ClO3/c12-8-3-1-7(2-4-8)9-5-15-6-10(9)11(13)14/h1-6H,(H,13,14). The van der Waals surface area contributed by atoms with E-state index in [1.807, 2.05) is 0 Å². The van der Waals surface area contributed by atoms with Gasteiger partial charge in [-0.25, -0.2) is 4.79 Å². The number of furan rings is 1. The van der Waals surface area contributed by atoms with Gasteiger partial charge in [0.25, 0.3) is 0 Å². The van der Waals surface area contributed by atoms with Crippen LogP contribution < -0.4 is 0 Å². The first-order valence-electron chi connectivity index (χ1n) is 4.24. The molecular weight excluding hydrogens is 216 g/mol. The summed E-state index contributed by atoms with van der Waals surface area (Å²) in [7, 11) is 0. The molecule has 0 spiro atoms. The number of benzene rings is 1. The van der Waals surface area contributed by atoms with Crippen LogP contribution in [0.2, 0.25) is 5.02 Å². The minimum absolute atomic E-state index is 0.150. The maximum absolute atomic E-state index is 10.8. The molecule has 4 heteroatoms. The summed E-state index contributed by atoms with van der Waals surface area (Å²) in [6, 6.07) is 6.91. The van der Waals surface area contributed by atoms with Crippen LogP contribution in [-0.2, 0) is 0 Å². The normalized spacial score (nSPS) is 10.2. The van der Waals surface area contributed by atoms with Gasteiger partial charge in [-0.3, -0.25) is 0 Å². The van der Waals surface area contributed by atoms with Crippen LogP contribution in [0.5, 0.6) is 0 Å². The van der Waals surface area contributed by atoms with Gasteiger partial charge >= 0.3 is 5.97 Å². The van der Waals surface area contributed by atoms with Crippen LogP contribution in [0.1, 0.15) is 10.4 Å². The van der Waals surface area contributed by atoms with Gasteiger partial charge in [0.15, 0.2) is 0 Å². The van der Waals surface area contributed by atoms with Gasteiger partial charge in [-0.2, -0.15) is 0 Å². The highest BCUT2D eigenvalue weighted by molar-refractivity contribution is 6.30. The first-order chi connectivity index (χ1) is 7.18. The van der Waals surface area contributed by atoms with E-state index in [-0.39, 0.29) is 5.56 Å². The highest BCUT2D eigenvalue weighted by Crippen LogP contribution is 2.26. The van der Waals surface area contributed by atoms with E-state index in [4.69, 9.17) is 21.1 Å². The average molecular weight is 223 g/mol. The molecule has 2 aromatic rings. The largest absolute Gasteiger partial charge is 0.478 e. The topological polar surface area (TPSA) is 50.4 Å². The van der Waals surface area contributed by atoms with Crippen LogP contribution >= 0.6 is 11.6 Å². The van der Waals surface area contributed by atoms with Crippen molar-refractivity contribution in [2.24, 2.45) is 0 Å². The Bertz CT molecular complexity index is 485. The van der Waals surface area contributed by atoms with E-state index in [0.717, 1.165) is 5.56 Å². The van der Waals surface area contributed by atoms with Crippen molar-refractivity contribution in [2.75, 3.05) is 0 Å². The molecule has 0 atom stereocenters. The SMILES string of the molecule is O=C(O)c1cocc1-c1ccc(Cl)cc1. The Kier molecular flexibility index (Phi) is 2.47. The molecule has 1 heterocycles. The number of carboxylic acids is 1. The van der Waals surface area contributed by atoms with Gasteiger partial charge in [-0.15, -0.1) is 0 Å². The first-order valence-corrected chi connectivity index (χ1v) is 4.61. The fraction of sp³-hybridized carbons (Fsp3) is 0. The minimum atomic E-state index is -1.01. The Labute approximate surface area is 90.9 Å². The summed E-state index contributed by atoms with van der Waals surface area (Å²) in [5.74, 6) is -1.01. The third kappa shape index (κ3) is 1.87. The van der Waals surface area contributed by atoms with E-state index in [1.165, 1.54) is 12.5 Å². The van der Waals surface area contributed by atoms with Crippen LogP contribution in [0.15, 0.2) is 41.2 Å². The fourth-order valence-electron chi connectivity index (χ4n) is 1.32. The van der Waals surface area contributed by atoms with E-state index < -0.39 is 5.97 Å². The van der Waals surface area contributed by atoms with Gasteiger partial charge in [0.1, 0.15) is 11.8 Å². The summed E-state index contributed by atoms with van der Waals surface area (Å²) < 4.78 is 4.88. The van der Waals surface area contributed by atoms with Crippen molar-refractivity contribution in [1.82, 2.24) is 0 Å². The van der Waals surface area contributed by atoms with Crippen molar-refractivity contribution in [3.63, 3.8) is 0 Å². The molecule has 3 nitrogen and oxygen atoms in total. The van der Waals surface area contributed by atoms with Crippen LogP contribution in [0, 0.1) is 0 Å². The Morgan fingerprint density at radius 3 is 2.47 bits per heavy atom. The molecule has 76 valence electrons. The number of rotatable bonds is 2. The zero-order valence-corrected chi connectivity index (χ0v) is 8.36. The van der Waals surface area contributed by atoms with Gasteiger partial charge in [0.2, 0.25) is 0 Å². The Morgan fingerprint density at radius 2 is 1.87 bits per heavy atom. The summed E-state index contributed by atoms with van der Waals surface area (Å²) in [4.78, 5) is 10.8. The van der Waals surface area contributed by atoms with Crippen molar-refractivity contribution in [2.45, 2.75) is 0 Å². The van der Waals surface area contributed by atoms with Gasteiger partial charge in [-0.1, -0.05) is 23.7 Å². The highest BCUT2D eigenvalue weighted by atomic mass is 35.5. The minimum Gasteiger partial charge on any atom is -0.478 e. The summed E-state index contributed by atoms with van der Waals surface area (Å²) in [5, 5.41) is 9.49. The number of carbonyl (C=O) groups is 1. The predicted molar refractivity (Wildman–Crippen MR) is 56.1 cm³/mol. The molecule has 1 aromatic heterocycles. The van der Waals surface area contributed by atoms with Gasteiger partial charge in [0.05, 0.1) is 6.26 Å². The number of hydrogen-bond donors (Lipinski definition) is 1. The van der Waals surface area contributed by atoms with E-state index in [0.29, 0.717) is 10.6 Å². The van der Waals surface area contributed by atoms with Crippen LogP contribution in [-0.4, -0.2) is 11.1 Å². The molecule has 0 aliphatic heterocycles. The summed E-state index contributed by atoms with van der Waals surface area (Å²) in [6.45, 7) is 0. The summed E-state index contributed by atoms with van der Waals surface area (Å²) >= 11 is 5.74. The third-order valence-electron chi connectivity index (χ3n) is 2.05. The molecule has 0 radical (unpaired) electrons. The Hall–Kier alpha value is -1.74. The zero-order chi connectivity index (χ0) is 10.8. The van der Waals surface area contributed by atoms with E-state index in [1.54, 1.807) is 24.3 Å². The number of halogens is 1. The molecule has 0 aliphatic carbocycles. The molecule has 0 amide bonds. The monoisotopic (exact) mass is 222 g/mol. The number of carboxylic acid groups (broad SMARTS) is 1. The first kappa shape index (κ1) is 9.80. The molecule has 1 N–H and O–H groups in total.